The molecule has 0 spiro atoms. The minimum absolute atomic E-state index is 0.194. The van der Waals surface area contributed by atoms with Crippen LogP contribution < -0.4 is 20.1 Å². The van der Waals surface area contributed by atoms with Gasteiger partial charge in [0, 0.05) is 12.1 Å². The quantitative estimate of drug-likeness (QED) is 0.271. The number of carboxylic acid groups (broad SMARTS) is 2. The molecule has 3 aliphatic rings. The van der Waals surface area contributed by atoms with E-state index in [1.807, 2.05) is 33.8 Å². The van der Waals surface area contributed by atoms with E-state index in [1.54, 1.807) is 12.1 Å². The van der Waals surface area contributed by atoms with Gasteiger partial charge >= 0.3 is 11.9 Å². The first-order valence-electron chi connectivity index (χ1n) is 15.7. The summed E-state index contributed by atoms with van der Waals surface area (Å²) in [5, 5.41) is 25.1. The van der Waals surface area contributed by atoms with Gasteiger partial charge in [-0.25, -0.2) is 14.0 Å². The van der Waals surface area contributed by atoms with Crippen LogP contribution in [0.15, 0.2) is 24.3 Å². The fourth-order valence-electron chi connectivity index (χ4n) is 5.85. The molecule has 2 aliphatic heterocycles. The van der Waals surface area contributed by atoms with Crippen LogP contribution in [0.25, 0.3) is 0 Å². The van der Waals surface area contributed by atoms with Gasteiger partial charge in [0.15, 0.2) is 0 Å². The summed E-state index contributed by atoms with van der Waals surface area (Å²) in [7, 11) is 0. The standard InChI is InChI=1S/C20H28FNO3.C14H19NO3/c1-20(2,3)16-17(21)15(19(23)24)10-14(13-4-5-13)18(16)25-11-12-6-8-22-9-7-12;1-2-10-8-11(5-6-13(10)14(16)17)18-12-4-3-7-15-9-12/h10,12-13,22H,4-9,11H2,1-3H3,(H,23,24);5-6,8,12,15H,2-4,7,9H2,1H3,(H,16,17). The SMILES string of the molecule is CC(C)(C)c1c(F)c(C(=O)O)cc(C2CC2)c1OCC1CCNCC1.CCc1cc(OC2CCCNC2)ccc1C(=O)O. The molecule has 236 valence electrons. The van der Waals surface area contributed by atoms with Crippen molar-refractivity contribution in [3.8, 4) is 11.5 Å². The number of hydrogen-bond acceptors (Lipinski definition) is 6. The van der Waals surface area contributed by atoms with Crippen LogP contribution in [-0.2, 0) is 11.8 Å². The second-order valence-electron chi connectivity index (χ2n) is 12.9. The molecule has 1 unspecified atom stereocenters. The minimum Gasteiger partial charge on any atom is -0.493 e. The summed E-state index contributed by atoms with van der Waals surface area (Å²) in [4.78, 5) is 22.6. The molecule has 1 saturated carbocycles. The summed E-state index contributed by atoms with van der Waals surface area (Å²) >= 11 is 0. The zero-order chi connectivity index (χ0) is 31.1. The molecule has 4 N–H and O–H groups in total. The summed E-state index contributed by atoms with van der Waals surface area (Å²) in [5.41, 5.74) is 1.71. The zero-order valence-electron chi connectivity index (χ0n) is 25.9. The Morgan fingerprint density at radius 3 is 2.21 bits per heavy atom. The van der Waals surface area contributed by atoms with Crippen LogP contribution in [-0.4, -0.2) is 61.0 Å². The van der Waals surface area contributed by atoms with E-state index < -0.39 is 23.2 Å². The maximum Gasteiger partial charge on any atom is 0.338 e. The molecular formula is C34H47FN2O6. The monoisotopic (exact) mass is 598 g/mol. The van der Waals surface area contributed by atoms with Crippen LogP contribution >= 0.6 is 0 Å². The van der Waals surface area contributed by atoms with Gasteiger partial charge in [0.2, 0.25) is 0 Å². The van der Waals surface area contributed by atoms with Crippen LogP contribution in [0.1, 0.15) is 110 Å². The Hall–Kier alpha value is -3.17. The highest BCUT2D eigenvalue weighted by Gasteiger charge is 2.36. The second kappa shape index (κ2) is 14.5. The molecule has 0 radical (unpaired) electrons. The number of aryl methyl sites for hydroxylation is 1. The lowest BCUT2D eigenvalue weighted by Crippen LogP contribution is -2.37. The van der Waals surface area contributed by atoms with Gasteiger partial charge in [-0.3, -0.25) is 0 Å². The first kappa shape index (κ1) is 32.7. The van der Waals surface area contributed by atoms with Crippen molar-refractivity contribution in [3.63, 3.8) is 0 Å². The van der Waals surface area contributed by atoms with E-state index in [0.29, 0.717) is 41.7 Å². The molecule has 5 rings (SSSR count). The molecule has 2 heterocycles. The molecule has 0 amide bonds. The molecular weight excluding hydrogens is 551 g/mol. The predicted octanol–water partition coefficient (Wildman–Crippen LogP) is 6.16. The third-order valence-electron chi connectivity index (χ3n) is 8.41. The maximum atomic E-state index is 15.0. The zero-order valence-corrected chi connectivity index (χ0v) is 25.9. The Balaban J connectivity index is 0.000000208. The number of nitrogens with one attached hydrogen (secondary N) is 2. The Bertz CT molecular complexity index is 1270. The van der Waals surface area contributed by atoms with Gasteiger partial charge in [-0.2, -0.15) is 0 Å². The largest absolute Gasteiger partial charge is 0.493 e. The molecule has 8 nitrogen and oxygen atoms in total. The Morgan fingerprint density at radius 2 is 1.65 bits per heavy atom. The van der Waals surface area contributed by atoms with Crippen molar-refractivity contribution < 1.29 is 33.7 Å². The average Bonchev–Trinajstić information content (AvgIpc) is 3.82. The van der Waals surface area contributed by atoms with Crippen LogP contribution in [0, 0.1) is 11.7 Å². The fraction of sp³-hybridized carbons (Fsp3) is 0.588. The number of hydrogen-bond donors (Lipinski definition) is 4. The van der Waals surface area contributed by atoms with Crippen molar-refractivity contribution in [3.05, 3.63) is 57.9 Å². The molecule has 3 fully saturated rings. The third-order valence-corrected chi connectivity index (χ3v) is 8.41. The van der Waals surface area contributed by atoms with E-state index in [0.717, 1.165) is 81.6 Å². The van der Waals surface area contributed by atoms with Crippen LogP contribution in [0.3, 0.4) is 0 Å². The lowest BCUT2D eigenvalue weighted by molar-refractivity contribution is 0.0682. The maximum absolute atomic E-state index is 15.0. The number of piperidine rings is 2. The second-order valence-corrected chi connectivity index (χ2v) is 12.9. The van der Waals surface area contributed by atoms with Crippen molar-refractivity contribution in [1.29, 1.82) is 0 Å². The highest BCUT2D eigenvalue weighted by Crippen LogP contribution is 2.49. The molecule has 0 aromatic heterocycles. The van der Waals surface area contributed by atoms with Crippen LogP contribution in [0.5, 0.6) is 11.5 Å². The van der Waals surface area contributed by atoms with E-state index in [1.165, 1.54) is 6.07 Å². The summed E-state index contributed by atoms with van der Waals surface area (Å²) in [6.45, 7) is 12.1. The lowest BCUT2D eigenvalue weighted by Gasteiger charge is -2.29. The topological polar surface area (TPSA) is 117 Å². The molecule has 0 bridgehead atoms. The number of aromatic carboxylic acids is 2. The molecule has 43 heavy (non-hydrogen) atoms. The number of benzene rings is 2. The van der Waals surface area contributed by atoms with Gasteiger partial charge in [-0.1, -0.05) is 27.7 Å². The fourth-order valence-corrected chi connectivity index (χ4v) is 5.85. The van der Waals surface area contributed by atoms with Crippen molar-refractivity contribution in [2.75, 3.05) is 32.8 Å². The minimum atomic E-state index is -1.21. The molecule has 2 aromatic carbocycles. The molecule has 2 aromatic rings. The molecule has 2 saturated heterocycles. The van der Waals surface area contributed by atoms with E-state index in [9.17, 15) is 14.7 Å². The number of halogens is 1. The van der Waals surface area contributed by atoms with Gasteiger partial charge in [-0.15, -0.1) is 0 Å². The number of rotatable bonds is 9. The first-order valence-corrected chi connectivity index (χ1v) is 15.7. The molecule has 1 atom stereocenters. The predicted molar refractivity (Wildman–Crippen MR) is 164 cm³/mol. The van der Waals surface area contributed by atoms with Crippen molar-refractivity contribution in [2.45, 2.75) is 90.1 Å². The number of carboxylic acids is 2. The highest BCUT2D eigenvalue weighted by atomic mass is 19.1. The van der Waals surface area contributed by atoms with Gasteiger partial charge < -0.3 is 30.3 Å². The van der Waals surface area contributed by atoms with Crippen molar-refractivity contribution >= 4 is 11.9 Å². The third kappa shape index (κ3) is 8.70. The van der Waals surface area contributed by atoms with E-state index >= 15 is 4.39 Å². The highest BCUT2D eigenvalue weighted by molar-refractivity contribution is 5.90. The molecule has 9 heteroatoms. The van der Waals surface area contributed by atoms with Crippen LogP contribution in [0.2, 0.25) is 0 Å². The lowest BCUT2D eigenvalue weighted by atomic mass is 9.82. The number of carbonyl (C=O) groups is 2. The average molecular weight is 599 g/mol. The van der Waals surface area contributed by atoms with Gasteiger partial charge in [0.05, 0.1) is 17.7 Å². The number of ether oxygens (including phenoxy) is 2. The summed E-state index contributed by atoms with van der Waals surface area (Å²) in [6, 6.07) is 6.73. The first-order chi connectivity index (χ1) is 20.5. The van der Waals surface area contributed by atoms with E-state index in [2.05, 4.69) is 10.6 Å². The van der Waals surface area contributed by atoms with Gasteiger partial charge in [0.25, 0.3) is 0 Å². The Kier molecular flexibility index (Phi) is 11.1. The summed E-state index contributed by atoms with van der Waals surface area (Å²) in [5.74, 6) is -0.620. The van der Waals surface area contributed by atoms with Crippen molar-refractivity contribution in [2.24, 2.45) is 5.92 Å². The van der Waals surface area contributed by atoms with Crippen molar-refractivity contribution in [1.82, 2.24) is 10.6 Å². The molecule has 1 aliphatic carbocycles. The van der Waals surface area contributed by atoms with Crippen LogP contribution in [0.4, 0.5) is 4.39 Å². The normalized spacial score (nSPS) is 19.2. The van der Waals surface area contributed by atoms with E-state index in [-0.39, 0.29) is 11.7 Å². The van der Waals surface area contributed by atoms with E-state index in [4.69, 9.17) is 14.6 Å². The smallest absolute Gasteiger partial charge is 0.338 e. The summed E-state index contributed by atoms with van der Waals surface area (Å²) < 4.78 is 27.1. The van der Waals surface area contributed by atoms with Gasteiger partial charge in [0.1, 0.15) is 23.4 Å². The summed E-state index contributed by atoms with van der Waals surface area (Å²) in [6.07, 6.45) is 7.20. The Morgan fingerprint density at radius 1 is 0.953 bits per heavy atom. The van der Waals surface area contributed by atoms with Gasteiger partial charge in [-0.05, 0) is 117 Å². The Labute approximate surface area is 254 Å².